The molecular weight excluding hydrogens is 296 g/mol. The van der Waals surface area contributed by atoms with Gasteiger partial charge < -0.3 is 14.7 Å². The lowest BCUT2D eigenvalue weighted by molar-refractivity contribution is 0.0220. The summed E-state index contributed by atoms with van der Waals surface area (Å²) in [5.74, 6) is -0.957. The van der Waals surface area contributed by atoms with E-state index in [4.69, 9.17) is 4.74 Å². The van der Waals surface area contributed by atoms with Crippen LogP contribution in [0.4, 0.5) is 4.79 Å². The Balaban J connectivity index is 2.29. The maximum absolute atomic E-state index is 12.2. The highest BCUT2D eigenvalue weighted by molar-refractivity contribution is 5.89. The summed E-state index contributed by atoms with van der Waals surface area (Å²) in [7, 11) is 0. The number of carboxylic acid groups (broad SMARTS) is 1. The largest absolute Gasteiger partial charge is 0.478 e. The van der Waals surface area contributed by atoms with Crippen LogP contribution in [-0.2, 0) is 17.7 Å². The molecule has 0 spiro atoms. The number of aromatic nitrogens is 1. The van der Waals surface area contributed by atoms with Gasteiger partial charge in [0, 0.05) is 6.54 Å². The number of amides is 1. The second kappa shape index (κ2) is 6.18. The molecule has 126 valence electrons. The molecule has 23 heavy (non-hydrogen) atoms. The lowest BCUT2D eigenvalue weighted by Crippen LogP contribution is -2.40. The highest BCUT2D eigenvalue weighted by Gasteiger charge is 2.28. The van der Waals surface area contributed by atoms with Crippen LogP contribution >= 0.6 is 0 Å². The van der Waals surface area contributed by atoms with Crippen molar-refractivity contribution < 1.29 is 19.4 Å². The zero-order valence-corrected chi connectivity index (χ0v) is 14.3. The Morgan fingerprint density at radius 3 is 2.52 bits per heavy atom. The number of fused-ring (bicyclic) bond motifs is 1. The number of carbonyl (C=O) groups is 2. The van der Waals surface area contributed by atoms with Gasteiger partial charge in [-0.25, -0.2) is 9.59 Å². The van der Waals surface area contributed by atoms with Crippen LogP contribution in [0.15, 0.2) is 6.07 Å². The zero-order chi connectivity index (χ0) is 17.4. The van der Waals surface area contributed by atoms with Crippen LogP contribution in [0.2, 0.25) is 0 Å². The summed E-state index contributed by atoms with van der Waals surface area (Å²) in [5.41, 5.74) is 1.93. The normalized spacial score (nSPS) is 14.6. The van der Waals surface area contributed by atoms with E-state index in [1.165, 1.54) is 0 Å². The number of carboxylic acids is 1. The van der Waals surface area contributed by atoms with Gasteiger partial charge in [0.2, 0.25) is 0 Å². The Morgan fingerprint density at radius 1 is 1.35 bits per heavy atom. The minimum absolute atomic E-state index is 0.00306. The van der Waals surface area contributed by atoms with E-state index >= 15 is 0 Å². The van der Waals surface area contributed by atoms with Crippen LogP contribution in [0.25, 0.3) is 0 Å². The molecule has 0 saturated heterocycles. The first-order valence-electron chi connectivity index (χ1n) is 7.82. The number of carbonyl (C=O) groups excluding carboxylic acids is 1. The summed E-state index contributed by atoms with van der Waals surface area (Å²) in [6.07, 6.45) is 0.221. The predicted molar refractivity (Wildman–Crippen MR) is 85.6 cm³/mol. The van der Waals surface area contributed by atoms with Crippen molar-refractivity contribution in [3.8, 4) is 0 Å². The Morgan fingerprint density at radius 2 is 2.00 bits per heavy atom. The summed E-state index contributed by atoms with van der Waals surface area (Å²) in [6, 6.07) is 1.70. The van der Waals surface area contributed by atoms with Gasteiger partial charge in [0.1, 0.15) is 5.60 Å². The van der Waals surface area contributed by atoms with E-state index in [-0.39, 0.29) is 17.6 Å². The smallest absolute Gasteiger partial charge is 0.410 e. The minimum Gasteiger partial charge on any atom is -0.478 e. The van der Waals surface area contributed by atoms with Gasteiger partial charge in [0.15, 0.2) is 0 Å². The second-order valence-electron chi connectivity index (χ2n) is 7.14. The number of aromatic carboxylic acids is 1. The predicted octanol–water partition coefficient (Wildman–Crippen LogP) is 3.20. The number of ether oxygens (including phenoxy) is 1. The lowest BCUT2D eigenvalue weighted by atomic mass is 9.97. The van der Waals surface area contributed by atoms with E-state index in [2.05, 4.69) is 4.98 Å². The first-order chi connectivity index (χ1) is 10.6. The Bertz CT molecular complexity index is 632. The minimum atomic E-state index is -0.960. The molecule has 1 N–H and O–H groups in total. The Kier molecular flexibility index (Phi) is 4.63. The molecule has 1 aromatic heterocycles. The molecule has 1 amide bonds. The van der Waals surface area contributed by atoms with Gasteiger partial charge in [-0.1, -0.05) is 13.8 Å². The molecule has 6 heteroatoms. The molecule has 2 heterocycles. The lowest BCUT2D eigenvalue weighted by Gasteiger charge is -2.31. The van der Waals surface area contributed by atoms with E-state index < -0.39 is 11.6 Å². The molecule has 0 atom stereocenters. The molecule has 0 aliphatic carbocycles. The molecule has 0 bridgehead atoms. The molecule has 0 saturated carbocycles. The van der Waals surface area contributed by atoms with E-state index in [0.717, 1.165) is 11.3 Å². The molecular formula is C17H24N2O4. The SMILES string of the molecule is CC(C)c1nc2c(cc1C(=O)O)CCN(C(=O)OC(C)(C)C)C2. The van der Waals surface area contributed by atoms with Crippen LogP contribution < -0.4 is 0 Å². The van der Waals surface area contributed by atoms with E-state index in [9.17, 15) is 14.7 Å². The number of hydrogen-bond donors (Lipinski definition) is 1. The van der Waals surface area contributed by atoms with Gasteiger partial charge in [-0.2, -0.15) is 0 Å². The third-order valence-electron chi connectivity index (χ3n) is 3.64. The summed E-state index contributed by atoms with van der Waals surface area (Å²) in [6.45, 7) is 10.2. The van der Waals surface area contributed by atoms with Crippen molar-refractivity contribution in [3.05, 3.63) is 28.6 Å². The number of nitrogens with zero attached hydrogens (tertiary/aromatic N) is 2. The first-order valence-corrected chi connectivity index (χ1v) is 7.82. The van der Waals surface area contributed by atoms with E-state index in [1.54, 1.807) is 11.0 Å². The maximum Gasteiger partial charge on any atom is 0.410 e. The second-order valence-corrected chi connectivity index (χ2v) is 7.14. The number of pyridine rings is 1. The summed E-state index contributed by atoms with van der Waals surface area (Å²) < 4.78 is 5.40. The molecule has 0 fully saturated rings. The molecule has 1 aliphatic rings. The number of hydrogen-bond acceptors (Lipinski definition) is 4. The highest BCUT2D eigenvalue weighted by Crippen LogP contribution is 2.25. The van der Waals surface area contributed by atoms with Crippen LogP contribution in [0, 0.1) is 0 Å². The Hall–Kier alpha value is -2.11. The van der Waals surface area contributed by atoms with Crippen LogP contribution in [-0.4, -0.2) is 39.2 Å². The van der Waals surface area contributed by atoms with Gasteiger partial charge in [-0.05, 0) is 44.7 Å². The molecule has 1 aliphatic heterocycles. The van der Waals surface area contributed by atoms with Gasteiger partial charge in [-0.3, -0.25) is 4.98 Å². The van der Waals surface area contributed by atoms with E-state index in [0.29, 0.717) is 25.2 Å². The maximum atomic E-state index is 12.2. The molecule has 0 radical (unpaired) electrons. The fraction of sp³-hybridized carbons (Fsp3) is 0.588. The van der Waals surface area contributed by atoms with Gasteiger partial charge >= 0.3 is 12.1 Å². The zero-order valence-electron chi connectivity index (χ0n) is 14.3. The van der Waals surface area contributed by atoms with Gasteiger partial charge in [0.25, 0.3) is 0 Å². The van der Waals surface area contributed by atoms with Crippen molar-refractivity contribution in [1.82, 2.24) is 9.88 Å². The summed E-state index contributed by atoms with van der Waals surface area (Å²) >= 11 is 0. The number of rotatable bonds is 2. The molecule has 2 rings (SSSR count). The highest BCUT2D eigenvalue weighted by atomic mass is 16.6. The third kappa shape index (κ3) is 4.00. The fourth-order valence-electron chi connectivity index (χ4n) is 2.57. The molecule has 0 aromatic carbocycles. The third-order valence-corrected chi connectivity index (χ3v) is 3.64. The Labute approximate surface area is 136 Å². The van der Waals surface area contributed by atoms with Crippen molar-refractivity contribution in [2.24, 2.45) is 0 Å². The van der Waals surface area contributed by atoms with Crippen molar-refractivity contribution in [3.63, 3.8) is 0 Å². The van der Waals surface area contributed by atoms with Gasteiger partial charge in [0.05, 0.1) is 23.5 Å². The average molecular weight is 320 g/mol. The fourth-order valence-corrected chi connectivity index (χ4v) is 2.57. The van der Waals surface area contributed by atoms with Gasteiger partial charge in [-0.15, -0.1) is 0 Å². The van der Waals surface area contributed by atoms with Crippen molar-refractivity contribution in [2.45, 2.75) is 59.1 Å². The van der Waals surface area contributed by atoms with Crippen molar-refractivity contribution in [2.75, 3.05) is 6.54 Å². The van der Waals surface area contributed by atoms with Crippen LogP contribution in [0.1, 0.15) is 67.8 Å². The van der Waals surface area contributed by atoms with Crippen molar-refractivity contribution in [1.29, 1.82) is 0 Å². The molecule has 1 aromatic rings. The monoisotopic (exact) mass is 320 g/mol. The standard InChI is InChI=1S/C17H24N2O4/c1-10(2)14-12(15(20)21)8-11-6-7-19(9-13(11)18-14)16(22)23-17(3,4)5/h8,10H,6-7,9H2,1-5H3,(H,20,21). The summed E-state index contributed by atoms with van der Waals surface area (Å²) in [5, 5.41) is 9.36. The van der Waals surface area contributed by atoms with E-state index in [1.807, 2.05) is 34.6 Å². The molecule has 6 nitrogen and oxygen atoms in total. The average Bonchev–Trinajstić information content (AvgIpc) is 2.43. The summed E-state index contributed by atoms with van der Waals surface area (Å²) in [4.78, 5) is 29.8. The van der Waals surface area contributed by atoms with Crippen LogP contribution in [0.3, 0.4) is 0 Å². The molecule has 0 unspecified atom stereocenters. The quantitative estimate of drug-likeness (QED) is 0.905. The van der Waals surface area contributed by atoms with Crippen LogP contribution in [0.5, 0.6) is 0 Å². The topological polar surface area (TPSA) is 79.7 Å². The first kappa shape index (κ1) is 17.2. The van der Waals surface area contributed by atoms with Crippen molar-refractivity contribution >= 4 is 12.1 Å².